The number of nitrogens with zero attached hydrogens (tertiary/aromatic N) is 4. The normalized spacial score (nSPS) is 17.9. The van der Waals surface area contributed by atoms with Gasteiger partial charge in [0.05, 0.1) is 49.6 Å². The van der Waals surface area contributed by atoms with Crippen molar-refractivity contribution in [3.8, 4) is 0 Å². The minimum Gasteiger partial charge on any atom is -0.506 e. The van der Waals surface area contributed by atoms with Gasteiger partial charge in [-0.25, -0.2) is 9.97 Å². The first-order chi connectivity index (χ1) is 34.6. The van der Waals surface area contributed by atoms with Gasteiger partial charge in [-0.15, -0.1) is 0 Å². The molecule has 0 bridgehead atoms. The number of carbonyl (C=O) groups excluding carboxylic acids is 8. The molecule has 6 rings (SSSR count). The van der Waals surface area contributed by atoms with Crippen molar-refractivity contribution >= 4 is 61.6 Å². The first kappa shape index (κ1) is 53.8. The molecule has 72 heavy (non-hydrogen) atoms. The highest BCUT2D eigenvalue weighted by molar-refractivity contribution is 6.52. The van der Waals surface area contributed by atoms with Crippen LogP contribution in [0.15, 0.2) is 91.7 Å². The van der Waals surface area contributed by atoms with Gasteiger partial charge >= 0.3 is 26.2 Å². The third-order valence-corrected chi connectivity index (χ3v) is 11.2. The molecule has 380 valence electrons. The van der Waals surface area contributed by atoms with E-state index in [0.29, 0.717) is 19.3 Å². The second-order valence-electron chi connectivity index (χ2n) is 18.1. The summed E-state index contributed by atoms with van der Waals surface area (Å²) in [6, 6.07) is 6.93. The number of hydrogen-bond donors (Lipinski definition) is 6. The highest BCUT2D eigenvalue weighted by Gasteiger charge is 2.49. The highest BCUT2D eigenvalue weighted by Crippen LogP contribution is 2.23. The van der Waals surface area contributed by atoms with Crippen LogP contribution in [0.1, 0.15) is 92.8 Å². The molecule has 5 heterocycles. The lowest BCUT2D eigenvalue weighted by molar-refractivity contribution is -0.139. The zero-order valence-electron chi connectivity index (χ0n) is 40.3. The Bertz CT molecular complexity index is 2440. The summed E-state index contributed by atoms with van der Waals surface area (Å²) in [6.07, 6.45) is 10.8. The van der Waals surface area contributed by atoms with Gasteiger partial charge in [0.25, 0.3) is 11.8 Å². The van der Waals surface area contributed by atoms with Gasteiger partial charge in [0, 0.05) is 50.7 Å². The number of carbonyl (C=O) groups is 8. The van der Waals surface area contributed by atoms with E-state index in [9.17, 15) is 38.4 Å². The van der Waals surface area contributed by atoms with Crippen molar-refractivity contribution in [1.29, 1.82) is 0 Å². The summed E-state index contributed by atoms with van der Waals surface area (Å²) >= 11 is 0. The predicted molar refractivity (Wildman–Crippen MR) is 256 cm³/mol. The molecule has 2 aromatic heterocycles. The smallest absolute Gasteiger partial charge is 0.506 e. The fraction of sp³-hybridized carbons (Fsp3) is 0.447. The molecule has 3 aliphatic rings. The Kier molecular flexibility index (Phi) is 19.9. The summed E-state index contributed by atoms with van der Waals surface area (Å²) < 4.78 is 28.1. The molecular formula is C47H58B2N10O13. The zero-order chi connectivity index (χ0) is 51.6. The van der Waals surface area contributed by atoms with Crippen LogP contribution in [0, 0.1) is 11.8 Å². The van der Waals surface area contributed by atoms with E-state index >= 15 is 0 Å². The first-order valence-corrected chi connectivity index (χ1v) is 23.6. The predicted octanol–water partition coefficient (Wildman–Crippen LogP) is 0.628. The Hall–Kier alpha value is -7.53. The Labute approximate surface area is 416 Å². The molecule has 6 atom stereocenters. The first-order valence-electron chi connectivity index (χ1n) is 23.6. The van der Waals surface area contributed by atoms with Crippen LogP contribution in [0.3, 0.4) is 0 Å². The minimum atomic E-state index is -1.31. The Morgan fingerprint density at radius 3 is 1.57 bits per heavy atom. The van der Waals surface area contributed by atoms with Gasteiger partial charge in [-0.05, 0) is 48.3 Å². The van der Waals surface area contributed by atoms with Crippen LogP contribution in [0.5, 0.6) is 0 Å². The second kappa shape index (κ2) is 26.6. The Morgan fingerprint density at radius 1 is 0.653 bits per heavy atom. The molecule has 2 saturated heterocycles. The van der Waals surface area contributed by atoms with Gasteiger partial charge in [-0.2, -0.15) is 0 Å². The number of amides is 6. The zero-order valence-corrected chi connectivity index (χ0v) is 40.3. The van der Waals surface area contributed by atoms with Crippen LogP contribution in [0.4, 0.5) is 0 Å². The summed E-state index contributed by atoms with van der Waals surface area (Å²) in [7, 11) is -2.49. The van der Waals surface area contributed by atoms with Crippen LogP contribution in [0.25, 0.3) is 0 Å². The topological polar surface area (TPSA) is 306 Å². The summed E-state index contributed by atoms with van der Waals surface area (Å²) in [5, 5.41) is 16.4. The van der Waals surface area contributed by atoms with Crippen molar-refractivity contribution in [2.45, 2.75) is 109 Å². The van der Waals surface area contributed by atoms with E-state index in [4.69, 9.17) is 23.4 Å². The number of nitrogens with one attached hydrogen (secondary N) is 6. The molecule has 0 radical (unpaired) electrons. The van der Waals surface area contributed by atoms with Gasteiger partial charge in [-0.1, -0.05) is 58.0 Å². The van der Waals surface area contributed by atoms with Crippen molar-refractivity contribution in [3.63, 3.8) is 0 Å². The van der Waals surface area contributed by atoms with Crippen molar-refractivity contribution in [2.24, 2.45) is 11.8 Å². The lowest BCUT2D eigenvalue weighted by atomic mass is 9.74. The quantitative estimate of drug-likeness (QED) is 0.0501. The van der Waals surface area contributed by atoms with Gasteiger partial charge < -0.3 is 55.3 Å². The molecule has 1 aromatic carbocycles. The number of hydrogen-bond acceptors (Lipinski definition) is 17. The average molecular weight is 993 g/mol. The fourth-order valence-corrected chi connectivity index (χ4v) is 7.83. The molecular weight excluding hydrogens is 934 g/mol. The third kappa shape index (κ3) is 16.5. The summed E-state index contributed by atoms with van der Waals surface area (Å²) in [5.41, 5.74) is 1.53. The number of ether oxygens (including phenoxy) is 1. The molecule has 0 aliphatic carbocycles. The second-order valence-corrected chi connectivity index (χ2v) is 18.1. The van der Waals surface area contributed by atoms with Crippen molar-refractivity contribution in [1.82, 2.24) is 51.8 Å². The maximum atomic E-state index is 13.8. The number of rotatable bonds is 25. The molecule has 2 fully saturated rings. The van der Waals surface area contributed by atoms with Crippen molar-refractivity contribution in [3.05, 3.63) is 109 Å². The Morgan fingerprint density at radius 2 is 1.14 bits per heavy atom. The molecule has 0 saturated carbocycles. The van der Waals surface area contributed by atoms with E-state index < -0.39 is 111 Å². The lowest BCUT2D eigenvalue weighted by Gasteiger charge is -2.25. The molecule has 6 N–H and O–H groups in total. The number of allylic oxidation sites excluding steroid dienone is 1. The minimum absolute atomic E-state index is 0.000435. The monoisotopic (exact) mass is 992 g/mol. The maximum Gasteiger partial charge on any atom is 0.552 e. The highest BCUT2D eigenvalue weighted by atomic mass is 16.7. The maximum absolute atomic E-state index is 13.8. The van der Waals surface area contributed by atoms with E-state index in [1.807, 2.05) is 58.0 Å². The van der Waals surface area contributed by atoms with Gasteiger partial charge in [0.2, 0.25) is 23.6 Å². The summed E-state index contributed by atoms with van der Waals surface area (Å²) in [5.74, 6) is -6.92. The van der Waals surface area contributed by atoms with E-state index in [1.165, 1.54) is 49.7 Å². The molecule has 23 nitrogen and oxygen atoms in total. The molecule has 3 aliphatic heterocycles. The van der Waals surface area contributed by atoms with Gasteiger partial charge in [-0.3, -0.25) is 48.3 Å². The molecule has 6 amide bonds. The summed E-state index contributed by atoms with van der Waals surface area (Å²) in [4.78, 5) is 122. The van der Waals surface area contributed by atoms with Crippen LogP contribution in [0.2, 0.25) is 0 Å². The molecule has 0 spiro atoms. The third-order valence-electron chi connectivity index (χ3n) is 11.2. The van der Waals surface area contributed by atoms with Crippen LogP contribution in [-0.2, 0) is 58.5 Å². The summed E-state index contributed by atoms with van der Waals surface area (Å²) in [6.45, 7) is 7.50. The van der Waals surface area contributed by atoms with Crippen LogP contribution < -0.4 is 31.9 Å². The van der Waals surface area contributed by atoms with Crippen LogP contribution in [-0.4, -0.2) is 131 Å². The van der Waals surface area contributed by atoms with Gasteiger partial charge in [0.15, 0.2) is 0 Å². The van der Waals surface area contributed by atoms with E-state index in [2.05, 4.69) is 51.8 Å². The van der Waals surface area contributed by atoms with E-state index in [-0.39, 0.29) is 49.2 Å². The molecule has 3 aromatic rings. The van der Waals surface area contributed by atoms with E-state index in [1.54, 1.807) is 6.08 Å². The lowest BCUT2D eigenvalue weighted by Crippen LogP contribution is -2.55. The van der Waals surface area contributed by atoms with Crippen molar-refractivity contribution < 1.29 is 61.7 Å². The number of aromatic nitrogens is 4. The van der Waals surface area contributed by atoms with Crippen LogP contribution >= 0.6 is 0 Å². The van der Waals surface area contributed by atoms with Crippen molar-refractivity contribution in [2.75, 3.05) is 13.1 Å². The van der Waals surface area contributed by atoms with Gasteiger partial charge in [0.1, 0.15) is 35.7 Å². The molecule has 0 unspecified atom stereocenters. The number of benzene rings is 1. The average Bonchev–Trinajstić information content (AvgIpc) is 3.92. The Balaban J connectivity index is 0.961. The largest absolute Gasteiger partial charge is 0.552 e. The van der Waals surface area contributed by atoms with E-state index in [0.717, 1.165) is 11.1 Å². The standard InChI is InChI=1S/C47H58B2N10O13/c1-28(2)19-38(58-42(62)32(21-30-9-6-5-7-10-30)56-44(64)34-25-50-12-14-52-34)48-69-36(46(66)71-48)23-40(60)54-16-17-55-41(61)24-37-47(67)72-49(70-37)39(20-29(3)4)59-43(63)33(22-31-11-8-18-68-27-31)57-45(65)35-26-51-13-15-53-35/h5-10,12-15,18,25-29,32-33,36-39H,11,16-17,19-24H2,1-4H3,(H,54,60)(H,55,61)(H,56,64)(H,57,65)(H,58,62)(H,59,63)/t32-,33-,36+,37+,38-,39-/m0/s1. The molecule has 25 heteroatoms. The SMILES string of the molecule is CC(C)C[C@H](NC(=O)[C@H](CC1=COC=CC1)NC(=O)c1cnccn1)B1OC(=O)[C@@H](CC(=O)NCCNC(=O)C[C@H]2OB([C@H](CC(C)C)NC(=O)[C@H](Cc3ccccc3)NC(=O)c3cnccn3)OC2=O)O1. The fourth-order valence-electron chi connectivity index (χ4n) is 7.83.